The molecule has 1 amide bonds. The molecule has 1 aliphatic heterocycles. The highest BCUT2D eigenvalue weighted by molar-refractivity contribution is 5.98. The summed E-state index contributed by atoms with van der Waals surface area (Å²) in [4.78, 5) is 18.5. The van der Waals surface area contributed by atoms with E-state index in [0.717, 1.165) is 24.6 Å². The molecule has 0 saturated carbocycles. The molecule has 0 saturated heterocycles. The fraction of sp³-hybridized carbons (Fsp3) is 0.529. The number of amides is 1. The van der Waals surface area contributed by atoms with Crippen LogP contribution in [0.4, 0.5) is 5.82 Å². The molecule has 0 atom stereocenters. The van der Waals surface area contributed by atoms with E-state index in [-0.39, 0.29) is 5.91 Å². The standard InChI is InChI=1S/C17H24N6O/c1-22(2)16-13(7-6-10-18-16)17(24)19-11-9-15-21-20-14-8-4-3-5-12-23(14)15/h6-7,10H,3-5,8-9,11-12H2,1-2H3,(H,19,24). The van der Waals surface area contributed by atoms with Gasteiger partial charge in [0.05, 0.1) is 5.56 Å². The van der Waals surface area contributed by atoms with Crippen molar-refractivity contribution in [1.29, 1.82) is 0 Å². The van der Waals surface area contributed by atoms with Crippen molar-refractivity contribution in [2.75, 3.05) is 25.5 Å². The van der Waals surface area contributed by atoms with Crippen LogP contribution < -0.4 is 10.2 Å². The lowest BCUT2D eigenvalue weighted by atomic mass is 10.2. The summed E-state index contributed by atoms with van der Waals surface area (Å²) in [6.07, 6.45) is 6.98. The molecule has 0 bridgehead atoms. The van der Waals surface area contributed by atoms with Crippen LogP contribution in [0.25, 0.3) is 0 Å². The summed E-state index contributed by atoms with van der Waals surface area (Å²) in [5.41, 5.74) is 0.586. The van der Waals surface area contributed by atoms with Crippen molar-refractivity contribution in [3.8, 4) is 0 Å². The van der Waals surface area contributed by atoms with Crippen LogP contribution in [-0.2, 0) is 19.4 Å². The third-order valence-electron chi connectivity index (χ3n) is 4.28. The topological polar surface area (TPSA) is 75.9 Å². The molecule has 2 aromatic heterocycles. The van der Waals surface area contributed by atoms with Crippen LogP contribution in [0.15, 0.2) is 18.3 Å². The molecule has 0 fully saturated rings. The number of hydrogen-bond donors (Lipinski definition) is 1. The van der Waals surface area contributed by atoms with Gasteiger partial charge in [0.15, 0.2) is 0 Å². The van der Waals surface area contributed by atoms with E-state index in [9.17, 15) is 4.79 Å². The summed E-state index contributed by atoms with van der Waals surface area (Å²) in [7, 11) is 3.76. The molecule has 2 aromatic rings. The first-order chi connectivity index (χ1) is 11.7. The molecule has 3 heterocycles. The Kier molecular flexibility index (Phi) is 5.08. The second kappa shape index (κ2) is 7.42. The van der Waals surface area contributed by atoms with Crippen molar-refractivity contribution in [3.05, 3.63) is 35.5 Å². The summed E-state index contributed by atoms with van der Waals surface area (Å²) in [5.74, 6) is 2.61. The van der Waals surface area contributed by atoms with Crippen LogP contribution in [0, 0.1) is 0 Å². The van der Waals surface area contributed by atoms with Gasteiger partial charge in [-0.15, -0.1) is 10.2 Å². The number of nitrogens with one attached hydrogen (secondary N) is 1. The van der Waals surface area contributed by atoms with Crippen LogP contribution in [0.3, 0.4) is 0 Å². The third kappa shape index (κ3) is 3.55. The third-order valence-corrected chi connectivity index (χ3v) is 4.28. The molecule has 0 radical (unpaired) electrons. The van der Waals surface area contributed by atoms with Crippen molar-refractivity contribution in [3.63, 3.8) is 0 Å². The minimum Gasteiger partial charge on any atom is -0.362 e. The first-order valence-electron chi connectivity index (χ1n) is 8.48. The number of nitrogens with zero attached hydrogens (tertiary/aromatic N) is 5. The lowest BCUT2D eigenvalue weighted by molar-refractivity contribution is 0.0954. The number of pyridine rings is 1. The predicted octanol–water partition coefficient (Wildman–Crippen LogP) is 1.44. The number of anilines is 1. The number of aromatic nitrogens is 4. The van der Waals surface area contributed by atoms with Crippen LogP contribution in [0.5, 0.6) is 0 Å². The molecular formula is C17H24N6O. The largest absolute Gasteiger partial charge is 0.362 e. The van der Waals surface area contributed by atoms with Gasteiger partial charge in [-0.3, -0.25) is 4.79 Å². The number of carbonyl (C=O) groups is 1. The fourth-order valence-corrected chi connectivity index (χ4v) is 3.04. The Morgan fingerprint density at radius 1 is 1.29 bits per heavy atom. The Morgan fingerprint density at radius 2 is 2.17 bits per heavy atom. The number of hydrogen-bond acceptors (Lipinski definition) is 5. The zero-order valence-corrected chi connectivity index (χ0v) is 14.3. The van der Waals surface area contributed by atoms with Crippen LogP contribution in [0.1, 0.15) is 41.3 Å². The van der Waals surface area contributed by atoms with E-state index in [0.29, 0.717) is 24.3 Å². The van der Waals surface area contributed by atoms with Crippen molar-refractivity contribution in [2.24, 2.45) is 0 Å². The second-order valence-electron chi connectivity index (χ2n) is 6.27. The lowest BCUT2D eigenvalue weighted by Gasteiger charge is -2.15. The molecule has 0 aliphatic carbocycles. The van der Waals surface area contributed by atoms with Gasteiger partial charge < -0.3 is 14.8 Å². The van der Waals surface area contributed by atoms with Crippen LogP contribution >= 0.6 is 0 Å². The Bertz CT molecular complexity index is 709. The molecule has 1 N–H and O–H groups in total. The summed E-state index contributed by atoms with van der Waals surface area (Å²) in [6.45, 7) is 1.53. The van der Waals surface area contributed by atoms with Gasteiger partial charge in [0.2, 0.25) is 0 Å². The number of fused-ring (bicyclic) bond motifs is 1. The second-order valence-corrected chi connectivity index (χ2v) is 6.27. The quantitative estimate of drug-likeness (QED) is 0.899. The van der Waals surface area contributed by atoms with Gasteiger partial charge in [-0.05, 0) is 25.0 Å². The molecule has 3 rings (SSSR count). The zero-order chi connectivity index (χ0) is 16.9. The minimum atomic E-state index is -0.109. The first-order valence-corrected chi connectivity index (χ1v) is 8.48. The Balaban J connectivity index is 1.61. The van der Waals surface area contributed by atoms with Gasteiger partial charge >= 0.3 is 0 Å². The Hall–Kier alpha value is -2.44. The highest BCUT2D eigenvalue weighted by atomic mass is 16.1. The molecule has 24 heavy (non-hydrogen) atoms. The minimum absolute atomic E-state index is 0.109. The molecule has 128 valence electrons. The average molecular weight is 328 g/mol. The SMILES string of the molecule is CN(C)c1ncccc1C(=O)NCCc1nnc2n1CCCCC2. The predicted molar refractivity (Wildman–Crippen MR) is 92.2 cm³/mol. The van der Waals surface area contributed by atoms with Crippen molar-refractivity contribution in [1.82, 2.24) is 25.1 Å². The molecule has 0 spiro atoms. The summed E-state index contributed by atoms with van der Waals surface area (Å²) < 4.78 is 2.22. The van der Waals surface area contributed by atoms with Gasteiger partial charge in [-0.25, -0.2) is 4.98 Å². The fourth-order valence-electron chi connectivity index (χ4n) is 3.04. The van der Waals surface area contributed by atoms with Gasteiger partial charge in [-0.1, -0.05) is 6.42 Å². The summed E-state index contributed by atoms with van der Waals surface area (Å²) in [5, 5.41) is 11.6. The first kappa shape index (κ1) is 16.4. The van der Waals surface area contributed by atoms with Gasteiger partial charge in [-0.2, -0.15) is 0 Å². The van der Waals surface area contributed by atoms with Gasteiger partial charge in [0.25, 0.3) is 5.91 Å². The van der Waals surface area contributed by atoms with Crippen molar-refractivity contribution < 1.29 is 4.79 Å². The molecule has 1 aliphatic rings. The highest BCUT2D eigenvalue weighted by Crippen LogP contribution is 2.15. The van der Waals surface area contributed by atoms with E-state index in [2.05, 4.69) is 25.1 Å². The van der Waals surface area contributed by atoms with E-state index < -0.39 is 0 Å². The normalized spacial score (nSPS) is 13.9. The van der Waals surface area contributed by atoms with Crippen LogP contribution in [-0.4, -0.2) is 46.3 Å². The molecule has 0 aromatic carbocycles. The lowest BCUT2D eigenvalue weighted by Crippen LogP contribution is -2.28. The Morgan fingerprint density at radius 3 is 3.00 bits per heavy atom. The Labute approximate surface area is 142 Å². The maximum Gasteiger partial charge on any atom is 0.255 e. The van der Waals surface area contributed by atoms with E-state index in [1.165, 1.54) is 19.3 Å². The summed E-state index contributed by atoms with van der Waals surface area (Å²) in [6, 6.07) is 3.57. The smallest absolute Gasteiger partial charge is 0.255 e. The van der Waals surface area contributed by atoms with Gasteiger partial charge in [0.1, 0.15) is 17.5 Å². The van der Waals surface area contributed by atoms with Crippen molar-refractivity contribution in [2.45, 2.75) is 38.6 Å². The number of carbonyl (C=O) groups excluding carboxylic acids is 1. The van der Waals surface area contributed by atoms with E-state index in [1.807, 2.05) is 19.0 Å². The molecular weight excluding hydrogens is 304 g/mol. The monoisotopic (exact) mass is 328 g/mol. The summed E-state index contributed by atoms with van der Waals surface area (Å²) >= 11 is 0. The number of rotatable bonds is 5. The molecule has 7 nitrogen and oxygen atoms in total. The maximum atomic E-state index is 12.4. The average Bonchev–Trinajstić information content (AvgIpc) is 2.81. The zero-order valence-electron chi connectivity index (χ0n) is 14.3. The molecule has 0 unspecified atom stereocenters. The maximum absolute atomic E-state index is 12.4. The van der Waals surface area contributed by atoms with E-state index >= 15 is 0 Å². The highest BCUT2D eigenvalue weighted by Gasteiger charge is 2.16. The van der Waals surface area contributed by atoms with Crippen LogP contribution in [0.2, 0.25) is 0 Å². The van der Waals surface area contributed by atoms with Gasteiger partial charge in [0, 0.05) is 46.2 Å². The molecule has 7 heteroatoms. The number of aryl methyl sites for hydroxylation is 1. The van der Waals surface area contributed by atoms with E-state index in [1.54, 1.807) is 18.3 Å². The van der Waals surface area contributed by atoms with Crippen molar-refractivity contribution >= 4 is 11.7 Å². The van der Waals surface area contributed by atoms with E-state index in [4.69, 9.17) is 0 Å².